The molecule has 4 rings (SSSR count). The average Bonchev–Trinajstić information content (AvgIpc) is 3.07. The van der Waals surface area contributed by atoms with E-state index in [-0.39, 0.29) is 35.7 Å². The van der Waals surface area contributed by atoms with Crippen molar-refractivity contribution in [1.29, 1.82) is 0 Å². The molecule has 2 aliphatic heterocycles. The summed E-state index contributed by atoms with van der Waals surface area (Å²) in [7, 11) is 0. The third-order valence-electron chi connectivity index (χ3n) is 5.66. The number of ether oxygens (including phenoxy) is 1. The third-order valence-corrected chi connectivity index (χ3v) is 5.66. The van der Waals surface area contributed by atoms with Gasteiger partial charge in [-0.3, -0.25) is 9.59 Å². The summed E-state index contributed by atoms with van der Waals surface area (Å²) in [5.74, 6) is 0.582. The predicted octanol–water partition coefficient (Wildman–Crippen LogP) is 0.734. The highest BCUT2D eigenvalue weighted by Crippen LogP contribution is 2.38. The summed E-state index contributed by atoms with van der Waals surface area (Å²) in [6.07, 6.45) is 2.31. The number of nitrogens with zero attached hydrogens (tertiary/aromatic N) is 1. The lowest BCUT2D eigenvalue weighted by molar-refractivity contribution is -0.140. The summed E-state index contributed by atoms with van der Waals surface area (Å²) >= 11 is 0. The van der Waals surface area contributed by atoms with Crippen LogP contribution < -0.4 is 5.32 Å². The second-order valence-corrected chi connectivity index (χ2v) is 7.34. The molecular weight excluding hydrogens is 287 g/mol. The summed E-state index contributed by atoms with van der Waals surface area (Å²) in [5.41, 5.74) is 0. The van der Waals surface area contributed by atoms with Gasteiger partial charge < -0.3 is 15.0 Å². The van der Waals surface area contributed by atoms with E-state index < -0.39 is 6.17 Å². The second kappa shape index (κ2) is 5.48. The van der Waals surface area contributed by atoms with Crippen molar-refractivity contribution in [1.82, 2.24) is 10.2 Å². The maximum Gasteiger partial charge on any atom is 0.225 e. The third kappa shape index (κ3) is 2.62. The number of hydrogen-bond acceptors (Lipinski definition) is 3. The molecule has 6 heteroatoms. The summed E-state index contributed by atoms with van der Waals surface area (Å²) in [5, 5.41) is 3.02. The van der Waals surface area contributed by atoms with Crippen molar-refractivity contribution >= 4 is 11.8 Å². The van der Waals surface area contributed by atoms with E-state index in [1.807, 2.05) is 0 Å². The van der Waals surface area contributed by atoms with Crippen LogP contribution in [0.1, 0.15) is 25.7 Å². The fourth-order valence-electron chi connectivity index (χ4n) is 3.87. The molecule has 0 aromatic carbocycles. The molecule has 4 fully saturated rings. The Balaban J connectivity index is 1.32. The molecule has 4 aliphatic rings. The monoisotopic (exact) mass is 310 g/mol. The molecule has 2 heterocycles. The average molecular weight is 310 g/mol. The van der Waals surface area contributed by atoms with Gasteiger partial charge in [-0.05, 0) is 31.6 Å². The zero-order chi connectivity index (χ0) is 15.3. The van der Waals surface area contributed by atoms with Crippen LogP contribution >= 0.6 is 0 Å². The Hall–Kier alpha value is -1.17. The highest BCUT2D eigenvalue weighted by atomic mass is 19.1. The molecule has 5 nitrogen and oxygen atoms in total. The summed E-state index contributed by atoms with van der Waals surface area (Å²) < 4.78 is 18.7. The fourth-order valence-corrected chi connectivity index (χ4v) is 3.87. The number of carbonyl (C=O) groups excluding carboxylic acids is 2. The molecular formula is C16H23FN2O3. The minimum atomic E-state index is -0.812. The number of amides is 2. The molecule has 0 bridgehead atoms. The number of likely N-dealkylation sites (tertiary alicyclic amines) is 1. The minimum absolute atomic E-state index is 0.0260. The van der Waals surface area contributed by atoms with Crippen LogP contribution in [0.5, 0.6) is 0 Å². The number of rotatable bonds is 4. The molecule has 2 amide bonds. The van der Waals surface area contributed by atoms with Gasteiger partial charge in [0.15, 0.2) is 0 Å². The lowest BCUT2D eigenvalue weighted by Crippen LogP contribution is -2.43. The first-order valence-corrected chi connectivity index (χ1v) is 8.44. The van der Waals surface area contributed by atoms with Gasteiger partial charge in [0.1, 0.15) is 6.17 Å². The van der Waals surface area contributed by atoms with E-state index in [1.165, 1.54) is 12.8 Å². The van der Waals surface area contributed by atoms with E-state index in [9.17, 15) is 14.0 Å². The summed E-state index contributed by atoms with van der Waals surface area (Å²) in [6.45, 7) is 2.38. The molecule has 2 aliphatic carbocycles. The standard InChI is InChI=1S/C16H23FN2O3/c17-11-3-10(4-11)16(21)19-6-12-13(8-22-14(12)7-19)15(20)18-5-9-1-2-9/h9-14H,1-8H2,(H,18,20)/t10?,11?,12-,13+,14-/m1/s1. The van der Waals surface area contributed by atoms with Crippen molar-refractivity contribution in [2.24, 2.45) is 23.7 Å². The highest BCUT2D eigenvalue weighted by Gasteiger charge is 2.49. The molecule has 0 unspecified atom stereocenters. The van der Waals surface area contributed by atoms with Crippen molar-refractivity contribution in [3.05, 3.63) is 0 Å². The van der Waals surface area contributed by atoms with Gasteiger partial charge in [0, 0.05) is 31.5 Å². The first-order valence-electron chi connectivity index (χ1n) is 8.44. The van der Waals surface area contributed by atoms with Gasteiger partial charge in [-0.2, -0.15) is 0 Å². The molecule has 3 atom stereocenters. The maximum absolute atomic E-state index is 12.9. The first kappa shape index (κ1) is 14.4. The summed E-state index contributed by atoms with van der Waals surface area (Å²) in [4.78, 5) is 26.4. The quantitative estimate of drug-likeness (QED) is 0.833. The van der Waals surface area contributed by atoms with Crippen LogP contribution in [-0.4, -0.2) is 55.2 Å². The van der Waals surface area contributed by atoms with Gasteiger partial charge in [-0.15, -0.1) is 0 Å². The Morgan fingerprint density at radius 3 is 2.68 bits per heavy atom. The molecule has 0 radical (unpaired) electrons. The van der Waals surface area contributed by atoms with Crippen molar-refractivity contribution < 1.29 is 18.7 Å². The molecule has 122 valence electrons. The SMILES string of the molecule is O=C(NCC1CC1)[C@H]1CO[C@@H]2CN(C(=O)C3CC(F)C3)C[C@H]12. The van der Waals surface area contributed by atoms with Crippen LogP contribution in [0.15, 0.2) is 0 Å². The Labute approximate surface area is 129 Å². The van der Waals surface area contributed by atoms with Crippen LogP contribution in [0.3, 0.4) is 0 Å². The lowest BCUT2D eigenvalue weighted by Gasteiger charge is -2.32. The van der Waals surface area contributed by atoms with Crippen LogP contribution in [-0.2, 0) is 14.3 Å². The molecule has 0 aromatic rings. The molecule has 2 saturated heterocycles. The Kier molecular flexibility index (Phi) is 3.59. The van der Waals surface area contributed by atoms with E-state index in [0.29, 0.717) is 38.5 Å². The Morgan fingerprint density at radius 2 is 2.00 bits per heavy atom. The van der Waals surface area contributed by atoms with E-state index in [0.717, 1.165) is 6.54 Å². The number of carbonyl (C=O) groups is 2. The second-order valence-electron chi connectivity index (χ2n) is 7.34. The molecule has 1 N–H and O–H groups in total. The normalized spacial score (nSPS) is 40.2. The molecule has 0 spiro atoms. The predicted molar refractivity (Wildman–Crippen MR) is 76.7 cm³/mol. The smallest absolute Gasteiger partial charge is 0.225 e. The van der Waals surface area contributed by atoms with Crippen LogP contribution in [0, 0.1) is 23.7 Å². The number of halogens is 1. The zero-order valence-electron chi connectivity index (χ0n) is 12.7. The van der Waals surface area contributed by atoms with Crippen molar-refractivity contribution in [2.45, 2.75) is 38.0 Å². The van der Waals surface area contributed by atoms with Gasteiger partial charge in [0.2, 0.25) is 11.8 Å². The topological polar surface area (TPSA) is 58.6 Å². The van der Waals surface area contributed by atoms with E-state index in [2.05, 4.69) is 5.32 Å². The van der Waals surface area contributed by atoms with E-state index in [4.69, 9.17) is 4.74 Å². The van der Waals surface area contributed by atoms with Crippen LogP contribution in [0.4, 0.5) is 4.39 Å². The Morgan fingerprint density at radius 1 is 1.23 bits per heavy atom. The minimum Gasteiger partial charge on any atom is -0.375 e. The van der Waals surface area contributed by atoms with Crippen molar-refractivity contribution in [3.63, 3.8) is 0 Å². The zero-order valence-corrected chi connectivity index (χ0v) is 12.7. The molecule has 22 heavy (non-hydrogen) atoms. The fraction of sp³-hybridized carbons (Fsp3) is 0.875. The summed E-state index contributed by atoms with van der Waals surface area (Å²) in [6, 6.07) is 0. The molecule has 0 aromatic heterocycles. The van der Waals surface area contributed by atoms with Gasteiger partial charge in [-0.25, -0.2) is 4.39 Å². The number of fused-ring (bicyclic) bond motifs is 1. The Bertz CT molecular complexity index is 476. The van der Waals surface area contributed by atoms with Crippen molar-refractivity contribution in [2.75, 3.05) is 26.2 Å². The van der Waals surface area contributed by atoms with E-state index >= 15 is 0 Å². The number of nitrogens with one attached hydrogen (secondary N) is 1. The lowest BCUT2D eigenvalue weighted by atomic mass is 9.82. The van der Waals surface area contributed by atoms with E-state index in [1.54, 1.807) is 4.90 Å². The van der Waals surface area contributed by atoms with Gasteiger partial charge >= 0.3 is 0 Å². The van der Waals surface area contributed by atoms with Gasteiger partial charge in [-0.1, -0.05) is 0 Å². The van der Waals surface area contributed by atoms with Crippen molar-refractivity contribution in [3.8, 4) is 0 Å². The van der Waals surface area contributed by atoms with Crippen LogP contribution in [0.2, 0.25) is 0 Å². The highest BCUT2D eigenvalue weighted by molar-refractivity contribution is 5.82. The first-order chi connectivity index (χ1) is 10.6. The maximum atomic E-state index is 12.9. The van der Waals surface area contributed by atoms with Crippen LogP contribution in [0.25, 0.3) is 0 Å². The number of hydrogen-bond donors (Lipinski definition) is 1. The number of alkyl halides is 1. The molecule has 2 saturated carbocycles. The largest absolute Gasteiger partial charge is 0.375 e. The van der Waals surface area contributed by atoms with Gasteiger partial charge in [0.25, 0.3) is 0 Å². The van der Waals surface area contributed by atoms with Gasteiger partial charge in [0.05, 0.1) is 18.6 Å².